The summed E-state index contributed by atoms with van der Waals surface area (Å²) in [6.07, 6.45) is 8.52. The van der Waals surface area contributed by atoms with E-state index >= 15 is 0 Å². The van der Waals surface area contributed by atoms with Crippen molar-refractivity contribution in [1.29, 1.82) is 0 Å². The van der Waals surface area contributed by atoms with Crippen molar-refractivity contribution >= 4 is 17.7 Å². The summed E-state index contributed by atoms with van der Waals surface area (Å²) in [5.74, 6) is 0. The molecule has 0 aliphatic heterocycles. The fourth-order valence-corrected chi connectivity index (χ4v) is 5.24. The summed E-state index contributed by atoms with van der Waals surface area (Å²) >= 11 is 0. The third-order valence-electron chi connectivity index (χ3n) is 4.55. The minimum atomic E-state index is -4.89. The van der Waals surface area contributed by atoms with Crippen molar-refractivity contribution in [3.05, 3.63) is 59.2 Å². The molecule has 6 nitrogen and oxygen atoms in total. The molecule has 1 aromatic rings. The highest BCUT2D eigenvalue weighted by molar-refractivity contribution is 7.93. The molecule has 1 aromatic carbocycles. The Morgan fingerprint density at radius 2 is 1.61 bits per heavy atom. The third kappa shape index (κ3) is 10.3. The van der Waals surface area contributed by atoms with Crippen LogP contribution >= 0.6 is 7.60 Å². The van der Waals surface area contributed by atoms with Crippen LogP contribution < -0.4 is 0 Å². The maximum Gasteiger partial charge on any atom is 0.346 e. The lowest BCUT2D eigenvalue weighted by molar-refractivity contribution is 0.360. The number of hydrogen-bond donors (Lipinski definition) is 3. The summed E-state index contributed by atoms with van der Waals surface area (Å²) in [6.45, 7) is 4.11. The van der Waals surface area contributed by atoms with Crippen molar-refractivity contribution in [2.75, 3.05) is 0 Å². The van der Waals surface area contributed by atoms with Gasteiger partial charge in [0, 0.05) is 0 Å². The zero-order valence-electron chi connectivity index (χ0n) is 16.5. The highest BCUT2D eigenvalue weighted by atomic mass is 32.2. The molecule has 8 heteroatoms. The van der Waals surface area contributed by atoms with Crippen LogP contribution in [0.1, 0.15) is 57.9 Å². The lowest BCUT2D eigenvalue weighted by atomic mass is 10.0. The molecule has 0 saturated carbocycles. The summed E-state index contributed by atoms with van der Waals surface area (Å²) in [7, 11) is -9.65. The summed E-state index contributed by atoms with van der Waals surface area (Å²) in [4.78, 5) is 16.1. The predicted molar refractivity (Wildman–Crippen MR) is 113 cm³/mol. The Hall–Kier alpha value is -1.24. The monoisotopic (exact) mass is 430 g/mol. The smallest absolute Gasteiger partial charge is 0.323 e. The molecule has 1 unspecified atom stereocenters. The number of hydrogen-bond acceptors (Lipinski definition) is 3. The molecular formula is C20H31O6PS. The molecule has 1 rings (SSSR count). The Morgan fingerprint density at radius 1 is 1.04 bits per heavy atom. The van der Waals surface area contributed by atoms with Crippen molar-refractivity contribution < 1.29 is 27.3 Å². The number of aryl methyl sites for hydroxylation is 1. The van der Waals surface area contributed by atoms with Crippen LogP contribution in [0.2, 0.25) is 0 Å². The lowest BCUT2D eigenvalue weighted by Gasteiger charge is -2.14. The second-order valence-electron chi connectivity index (χ2n) is 7.11. The second-order valence-corrected chi connectivity index (χ2v) is 10.9. The van der Waals surface area contributed by atoms with E-state index in [2.05, 4.69) is 25.1 Å². The maximum absolute atomic E-state index is 11.2. The molecule has 0 aliphatic carbocycles. The van der Waals surface area contributed by atoms with Crippen LogP contribution in [0.3, 0.4) is 0 Å². The summed E-state index contributed by atoms with van der Waals surface area (Å²) in [6, 6.07) is 10.3. The van der Waals surface area contributed by atoms with Crippen LogP contribution in [0.4, 0.5) is 0 Å². The van der Waals surface area contributed by atoms with E-state index in [0.29, 0.717) is 6.42 Å². The molecule has 0 bridgehead atoms. The Labute approximate surface area is 168 Å². The van der Waals surface area contributed by atoms with Gasteiger partial charge in [0.25, 0.3) is 10.1 Å². The highest BCUT2D eigenvalue weighted by Crippen LogP contribution is 2.46. The quantitative estimate of drug-likeness (QED) is 0.189. The summed E-state index contributed by atoms with van der Waals surface area (Å²) in [5.41, 5.74) is 3.81. The number of allylic oxidation sites excluding steroid dienone is 4. The molecule has 0 fully saturated rings. The third-order valence-corrected chi connectivity index (χ3v) is 8.10. The Morgan fingerprint density at radius 3 is 2.18 bits per heavy atom. The van der Waals surface area contributed by atoms with Gasteiger partial charge in [-0.3, -0.25) is 9.12 Å². The van der Waals surface area contributed by atoms with Gasteiger partial charge in [-0.05, 0) is 64.4 Å². The first-order chi connectivity index (χ1) is 13.0. The number of rotatable bonds is 12. The zero-order chi connectivity index (χ0) is 21.2. The molecule has 0 aliphatic rings. The van der Waals surface area contributed by atoms with E-state index < -0.39 is 22.7 Å². The second kappa shape index (κ2) is 11.7. The molecule has 0 heterocycles. The van der Waals surface area contributed by atoms with Gasteiger partial charge < -0.3 is 9.79 Å². The van der Waals surface area contributed by atoms with Crippen molar-refractivity contribution in [3.63, 3.8) is 0 Å². The van der Waals surface area contributed by atoms with Crippen LogP contribution in [0, 0.1) is 0 Å². The van der Waals surface area contributed by atoms with E-state index in [9.17, 15) is 13.0 Å². The van der Waals surface area contributed by atoms with Crippen LogP contribution in [0.15, 0.2) is 53.6 Å². The van der Waals surface area contributed by atoms with Gasteiger partial charge in [-0.1, -0.05) is 53.6 Å². The summed E-state index contributed by atoms with van der Waals surface area (Å²) < 4.78 is 42.3. The van der Waals surface area contributed by atoms with Gasteiger partial charge in [-0.2, -0.15) is 8.42 Å². The average molecular weight is 431 g/mol. The first-order valence-corrected chi connectivity index (χ1v) is 12.6. The molecule has 3 N–H and O–H groups in total. The van der Waals surface area contributed by atoms with Crippen LogP contribution in [0.25, 0.3) is 0 Å². The van der Waals surface area contributed by atoms with Gasteiger partial charge in [0.2, 0.25) is 0 Å². The van der Waals surface area contributed by atoms with Gasteiger partial charge >= 0.3 is 7.60 Å². The lowest BCUT2D eigenvalue weighted by Crippen LogP contribution is -2.20. The Bertz CT molecular complexity index is 808. The molecule has 0 spiro atoms. The number of unbranched alkanes of at least 4 members (excludes halogenated alkanes) is 1. The molecule has 0 saturated heterocycles. The van der Waals surface area contributed by atoms with E-state index in [1.165, 1.54) is 11.1 Å². The van der Waals surface area contributed by atoms with E-state index in [1.54, 1.807) is 0 Å². The van der Waals surface area contributed by atoms with E-state index in [4.69, 9.17) is 14.3 Å². The fraction of sp³-hybridized carbons (Fsp3) is 0.500. The van der Waals surface area contributed by atoms with Crippen molar-refractivity contribution in [1.82, 2.24) is 0 Å². The summed E-state index contributed by atoms with van der Waals surface area (Å²) in [5, 5.41) is 0. The molecule has 0 aromatic heterocycles. The standard InChI is InChI=1S/C20H31O6PS/c1-17(9-6-7-14-20(27(21,22)23)28(24,25)26)10-8-11-18(2)15-16-19-12-4-3-5-13-19/h3-5,9,11-13,20H,6-8,10,14-16H2,1-2H3,(H2,21,22,23)(H,24,25,26)/b17-9+,18-11+. The first kappa shape index (κ1) is 24.8. The van der Waals surface area contributed by atoms with Gasteiger partial charge in [0.15, 0.2) is 4.99 Å². The molecule has 0 radical (unpaired) electrons. The SMILES string of the molecule is C/C(=C\CCCC(P(=O)(O)O)S(=O)(=O)O)CC/C=C(\C)CCc1ccccc1. The van der Waals surface area contributed by atoms with Gasteiger partial charge in [0.1, 0.15) is 0 Å². The topological polar surface area (TPSA) is 112 Å². The normalized spacial score (nSPS) is 14.9. The van der Waals surface area contributed by atoms with Gasteiger partial charge in [0.05, 0.1) is 0 Å². The Kier molecular flexibility index (Phi) is 10.4. The maximum atomic E-state index is 11.2. The Balaban J connectivity index is 2.35. The minimum absolute atomic E-state index is 0.272. The van der Waals surface area contributed by atoms with Crippen LogP contribution in [-0.2, 0) is 21.1 Å². The molecule has 158 valence electrons. The first-order valence-electron chi connectivity index (χ1n) is 9.37. The zero-order valence-corrected chi connectivity index (χ0v) is 18.2. The van der Waals surface area contributed by atoms with Gasteiger partial charge in [-0.25, -0.2) is 0 Å². The molecule has 1 atom stereocenters. The van der Waals surface area contributed by atoms with E-state index in [-0.39, 0.29) is 12.8 Å². The largest absolute Gasteiger partial charge is 0.346 e. The molecular weight excluding hydrogens is 399 g/mol. The minimum Gasteiger partial charge on any atom is -0.323 e. The average Bonchev–Trinajstić information content (AvgIpc) is 2.58. The fourth-order valence-electron chi connectivity index (χ4n) is 2.87. The van der Waals surface area contributed by atoms with Crippen LogP contribution in [0.5, 0.6) is 0 Å². The van der Waals surface area contributed by atoms with E-state index in [1.807, 2.05) is 31.2 Å². The van der Waals surface area contributed by atoms with E-state index in [0.717, 1.165) is 31.3 Å². The molecule has 0 amide bonds. The van der Waals surface area contributed by atoms with Crippen molar-refractivity contribution in [3.8, 4) is 0 Å². The van der Waals surface area contributed by atoms with Crippen molar-refractivity contribution in [2.45, 2.75) is 63.8 Å². The predicted octanol–water partition coefficient (Wildman–Crippen LogP) is 4.85. The molecule has 28 heavy (non-hydrogen) atoms. The highest BCUT2D eigenvalue weighted by Gasteiger charge is 2.38. The van der Waals surface area contributed by atoms with Gasteiger partial charge in [-0.15, -0.1) is 0 Å². The number of benzene rings is 1. The van der Waals surface area contributed by atoms with Crippen LogP contribution in [-0.4, -0.2) is 27.7 Å². The van der Waals surface area contributed by atoms with Crippen molar-refractivity contribution in [2.24, 2.45) is 0 Å².